The van der Waals surface area contributed by atoms with Gasteiger partial charge in [0, 0.05) is 11.1 Å². The molecule has 0 bridgehead atoms. The van der Waals surface area contributed by atoms with Crippen molar-refractivity contribution in [2.45, 2.75) is 26.3 Å². The normalized spacial score (nSPS) is 11.5. The third kappa shape index (κ3) is 5.00. The number of hydrogen-bond acceptors (Lipinski definition) is 1. The molecule has 202 valence electrons. The molecule has 0 unspecified atom stereocenters. The number of fused-ring (bicyclic) bond motifs is 1. The van der Waals surface area contributed by atoms with Crippen molar-refractivity contribution in [3.63, 3.8) is 0 Å². The third-order valence-corrected chi connectivity index (χ3v) is 7.49. The van der Waals surface area contributed by atoms with Crippen LogP contribution in [-0.4, -0.2) is 5.54 Å². The van der Waals surface area contributed by atoms with Crippen LogP contribution in [0.3, 0.4) is 0 Å². The second-order valence-electron chi connectivity index (χ2n) is 11.2. The molecule has 0 saturated carbocycles. The van der Waals surface area contributed by atoms with Crippen LogP contribution in [0.1, 0.15) is 20.8 Å². The summed E-state index contributed by atoms with van der Waals surface area (Å²) in [6, 6.07) is 42.8. The summed E-state index contributed by atoms with van der Waals surface area (Å²) in [5.74, 6) is -0.777. The molecule has 6 aromatic rings. The van der Waals surface area contributed by atoms with Gasteiger partial charge in [0.2, 0.25) is 0 Å². The second-order valence-corrected chi connectivity index (χ2v) is 11.2. The fourth-order valence-corrected chi connectivity index (χ4v) is 5.66. The predicted octanol–water partition coefficient (Wildman–Crippen LogP) is 11.1. The highest BCUT2D eigenvalue weighted by atomic mass is 19.1. The lowest BCUT2D eigenvalue weighted by Crippen LogP contribution is -2.38. The number of rotatable bonds is 5. The maximum absolute atomic E-state index is 16.9. The van der Waals surface area contributed by atoms with E-state index in [1.54, 1.807) is 29.2 Å². The maximum atomic E-state index is 16.9. The standard InChI is InChI=1S/C38H31F2N/c1-38(2,3)41(34-19-10-9-18-33(34)39)35-25-24-32(36(37(35)40)29-13-5-4-6-14-29)28-22-20-27(21-23-28)31-17-11-15-26-12-7-8-16-30(26)31/h4-25H,1-3H3. The van der Waals surface area contributed by atoms with Crippen LogP contribution in [0.4, 0.5) is 20.2 Å². The number of para-hydroxylation sites is 1. The van der Waals surface area contributed by atoms with Crippen molar-refractivity contribution in [1.29, 1.82) is 0 Å². The smallest absolute Gasteiger partial charge is 0.155 e. The first kappa shape index (κ1) is 26.5. The molecule has 0 atom stereocenters. The molecule has 3 heteroatoms. The van der Waals surface area contributed by atoms with Gasteiger partial charge < -0.3 is 4.90 Å². The summed E-state index contributed by atoms with van der Waals surface area (Å²) in [6.45, 7) is 5.88. The minimum atomic E-state index is -0.585. The Kier molecular flexibility index (Phi) is 6.88. The molecular formula is C38H31F2N. The molecule has 0 aromatic heterocycles. The highest BCUT2D eigenvalue weighted by Gasteiger charge is 2.30. The van der Waals surface area contributed by atoms with Gasteiger partial charge in [-0.25, -0.2) is 8.78 Å². The van der Waals surface area contributed by atoms with E-state index in [1.807, 2.05) is 63.2 Å². The molecule has 0 radical (unpaired) electrons. The zero-order valence-corrected chi connectivity index (χ0v) is 23.4. The highest BCUT2D eigenvalue weighted by molar-refractivity contribution is 5.97. The van der Waals surface area contributed by atoms with Gasteiger partial charge in [-0.1, -0.05) is 115 Å². The van der Waals surface area contributed by atoms with Crippen molar-refractivity contribution in [2.24, 2.45) is 0 Å². The van der Waals surface area contributed by atoms with Crippen molar-refractivity contribution >= 4 is 22.1 Å². The highest BCUT2D eigenvalue weighted by Crippen LogP contribution is 2.43. The molecular weight excluding hydrogens is 508 g/mol. The van der Waals surface area contributed by atoms with Gasteiger partial charge in [-0.3, -0.25) is 0 Å². The molecule has 0 aliphatic rings. The van der Waals surface area contributed by atoms with Crippen molar-refractivity contribution in [3.05, 3.63) is 145 Å². The Balaban J connectivity index is 1.51. The maximum Gasteiger partial charge on any atom is 0.155 e. The van der Waals surface area contributed by atoms with E-state index in [2.05, 4.69) is 60.7 Å². The Morgan fingerprint density at radius 1 is 0.488 bits per heavy atom. The Morgan fingerprint density at radius 2 is 1.10 bits per heavy atom. The van der Waals surface area contributed by atoms with E-state index in [1.165, 1.54) is 16.8 Å². The predicted molar refractivity (Wildman–Crippen MR) is 169 cm³/mol. The number of halogens is 2. The summed E-state index contributed by atoms with van der Waals surface area (Å²) < 4.78 is 31.9. The van der Waals surface area contributed by atoms with Gasteiger partial charge in [0.25, 0.3) is 0 Å². The van der Waals surface area contributed by atoms with Crippen LogP contribution < -0.4 is 4.90 Å². The van der Waals surface area contributed by atoms with Gasteiger partial charge in [-0.05, 0) is 77.6 Å². The molecule has 0 saturated heterocycles. The van der Waals surface area contributed by atoms with Crippen molar-refractivity contribution in [1.82, 2.24) is 0 Å². The summed E-state index contributed by atoms with van der Waals surface area (Å²) in [5.41, 5.74) is 5.29. The number of benzene rings is 6. The van der Waals surface area contributed by atoms with Crippen molar-refractivity contribution in [3.8, 4) is 33.4 Å². The molecule has 1 nitrogen and oxygen atoms in total. The average Bonchev–Trinajstić information content (AvgIpc) is 2.98. The van der Waals surface area contributed by atoms with Gasteiger partial charge in [0.05, 0.1) is 11.4 Å². The number of anilines is 2. The molecule has 0 aliphatic carbocycles. The van der Waals surface area contributed by atoms with Gasteiger partial charge in [0.15, 0.2) is 5.82 Å². The monoisotopic (exact) mass is 539 g/mol. The Labute approximate surface area is 240 Å². The molecule has 6 aromatic carbocycles. The van der Waals surface area contributed by atoms with Gasteiger partial charge in [-0.15, -0.1) is 0 Å². The van der Waals surface area contributed by atoms with Gasteiger partial charge in [-0.2, -0.15) is 0 Å². The summed E-state index contributed by atoms with van der Waals surface area (Å²) in [7, 11) is 0. The van der Waals surface area contributed by atoms with E-state index in [-0.39, 0.29) is 5.82 Å². The minimum Gasteiger partial charge on any atom is -0.331 e. The fraction of sp³-hybridized carbons (Fsp3) is 0.105. The first-order chi connectivity index (χ1) is 19.8. The van der Waals surface area contributed by atoms with E-state index in [9.17, 15) is 0 Å². The molecule has 0 heterocycles. The van der Waals surface area contributed by atoms with Crippen LogP contribution in [-0.2, 0) is 0 Å². The van der Waals surface area contributed by atoms with Crippen molar-refractivity contribution in [2.75, 3.05) is 4.90 Å². The second kappa shape index (κ2) is 10.7. The summed E-state index contributed by atoms with van der Waals surface area (Å²) >= 11 is 0. The van der Waals surface area contributed by atoms with Crippen LogP contribution in [0.5, 0.6) is 0 Å². The first-order valence-corrected chi connectivity index (χ1v) is 13.8. The lowest BCUT2D eigenvalue weighted by atomic mass is 9.90. The lowest BCUT2D eigenvalue weighted by Gasteiger charge is -2.38. The SMILES string of the molecule is CC(C)(C)N(c1ccccc1F)c1ccc(-c2ccc(-c3cccc4ccccc34)cc2)c(-c2ccccc2)c1F. The Morgan fingerprint density at radius 3 is 1.80 bits per heavy atom. The topological polar surface area (TPSA) is 3.24 Å². The molecule has 0 N–H and O–H groups in total. The van der Waals surface area contributed by atoms with Crippen LogP contribution in [0, 0.1) is 11.6 Å². The van der Waals surface area contributed by atoms with Crippen molar-refractivity contribution < 1.29 is 8.78 Å². The first-order valence-electron chi connectivity index (χ1n) is 13.8. The molecule has 0 aliphatic heterocycles. The molecule has 6 rings (SSSR count). The third-order valence-electron chi connectivity index (χ3n) is 7.49. The summed E-state index contributed by atoms with van der Waals surface area (Å²) in [4.78, 5) is 1.75. The fourth-order valence-electron chi connectivity index (χ4n) is 5.66. The summed E-state index contributed by atoms with van der Waals surface area (Å²) in [5, 5.41) is 2.38. The van der Waals surface area contributed by atoms with E-state index >= 15 is 8.78 Å². The van der Waals surface area contributed by atoms with Crippen LogP contribution in [0.15, 0.2) is 133 Å². The number of nitrogens with zero attached hydrogens (tertiary/aromatic N) is 1. The van der Waals surface area contributed by atoms with Crippen LogP contribution in [0.2, 0.25) is 0 Å². The zero-order chi connectivity index (χ0) is 28.6. The minimum absolute atomic E-state index is 0.331. The van der Waals surface area contributed by atoms with Crippen LogP contribution in [0.25, 0.3) is 44.2 Å². The Hall–Kier alpha value is -4.76. The molecule has 41 heavy (non-hydrogen) atoms. The molecule has 0 fully saturated rings. The van der Waals surface area contributed by atoms with E-state index in [0.717, 1.165) is 27.8 Å². The zero-order valence-electron chi connectivity index (χ0n) is 23.4. The largest absolute Gasteiger partial charge is 0.331 e. The summed E-state index contributed by atoms with van der Waals surface area (Å²) in [6.07, 6.45) is 0. The van der Waals surface area contributed by atoms with E-state index in [0.29, 0.717) is 16.9 Å². The van der Waals surface area contributed by atoms with E-state index in [4.69, 9.17) is 0 Å². The van der Waals surface area contributed by atoms with Crippen LogP contribution >= 0.6 is 0 Å². The number of hydrogen-bond donors (Lipinski definition) is 0. The molecule has 0 amide bonds. The Bertz CT molecular complexity index is 1830. The lowest BCUT2D eigenvalue weighted by molar-refractivity contribution is 0.527. The molecule has 0 spiro atoms. The van der Waals surface area contributed by atoms with Gasteiger partial charge in [0.1, 0.15) is 5.82 Å². The van der Waals surface area contributed by atoms with Gasteiger partial charge >= 0.3 is 0 Å². The quantitative estimate of drug-likeness (QED) is 0.211. The van der Waals surface area contributed by atoms with E-state index < -0.39 is 11.4 Å². The average molecular weight is 540 g/mol.